The van der Waals surface area contributed by atoms with Crippen LogP contribution in [0.3, 0.4) is 0 Å². The molecule has 5 heteroatoms. The lowest BCUT2D eigenvalue weighted by atomic mass is 9.68. The maximum Gasteiger partial charge on any atom is 0.313 e. The quantitative estimate of drug-likeness (QED) is 0.526. The summed E-state index contributed by atoms with van der Waals surface area (Å²) in [4.78, 5) is 15.1. The van der Waals surface area contributed by atoms with Crippen LogP contribution >= 0.6 is 0 Å². The topological polar surface area (TPSA) is 48.0 Å². The number of carbonyl (C=O) groups is 1. The SMILES string of the molecule is CCCCC(CC)C(=O)OC1=CC2N(C)CCC2(c2ccc(OC)c(OC)c2)CC1. The number of unbranched alkanes of at least 4 members (excludes halogenated alkanes) is 1. The first-order valence-electron chi connectivity index (χ1n) is 11.3. The maximum absolute atomic E-state index is 12.7. The number of fused-ring (bicyclic) bond motifs is 1. The average molecular weight is 416 g/mol. The Morgan fingerprint density at radius 1 is 1.20 bits per heavy atom. The zero-order valence-corrected chi connectivity index (χ0v) is 19.2. The number of hydrogen-bond donors (Lipinski definition) is 0. The van der Waals surface area contributed by atoms with E-state index in [0.29, 0.717) is 0 Å². The highest BCUT2D eigenvalue weighted by atomic mass is 16.5. The Morgan fingerprint density at radius 3 is 2.63 bits per heavy atom. The third kappa shape index (κ3) is 4.36. The van der Waals surface area contributed by atoms with Crippen molar-refractivity contribution in [2.45, 2.75) is 70.3 Å². The Kier molecular flexibility index (Phi) is 7.45. The van der Waals surface area contributed by atoms with Crippen molar-refractivity contribution in [2.75, 3.05) is 27.8 Å². The second kappa shape index (κ2) is 9.86. The second-order valence-corrected chi connectivity index (χ2v) is 8.70. The van der Waals surface area contributed by atoms with Gasteiger partial charge in [-0.1, -0.05) is 32.8 Å². The molecule has 0 N–H and O–H groups in total. The molecule has 1 aliphatic heterocycles. The van der Waals surface area contributed by atoms with Crippen molar-refractivity contribution in [1.82, 2.24) is 4.90 Å². The predicted molar refractivity (Wildman–Crippen MR) is 119 cm³/mol. The van der Waals surface area contributed by atoms with E-state index in [9.17, 15) is 4.79 Å². The minimum atomic E-state index is -0.0588. The molecule has 3 atom stereocenters. The number of rotatable bonds is 9. The number of benzene rings is 1. The van der Waals surface area contributed by atoms with Crippen molar-refractivity contribution >= 4 is 5.97 Å². The summed E-state index contributed by atoms with van der Waals surface area (Å²) in [5, 5.41) is 0. The highest BCUT2D eigenvalue weighted by molar-refractivity contribution is 5.73. The van der Waals surface area contributed by atoms with Crippen LogP contribution < -0.4 is 9.47 Å². The van der Waals surface area contributed by atoms with Crippen LogP contribution in [0.5, 0.6) is 11.5 Å². The van der Waals surface area contributed by atoms with Crippen LogP contribution in [-0.2, 0) is 14.9 Å². The fraction of sp³-hybridized carbons (Fsp3) is 0.640. The Hall–Kier alpha value is -2.01. The highest BCUT2D eigenvalue weighted by Crippen LogP contribution is 2.49. The van der Waals surface area contributed by atoms with E-state index in [1.54, 1.807) is 14.2 Å². The average Bonchev–Trinajstić information content (AvgIpc) is 3.11. The van der Waals surface area contributed by atoms with Crippen molar-refractivity contribution in [3.05, 3.63) is 35.6 Å². The van der Waals surface area contributed by atoms with Crippen molar-refractivity contribution in [1.29, 1.82) is 0 Å². The molecule has 2 aliphatic rings. The van der Waals surface area contributed by atoms with E-state index >= 15 is 0 Å². The predicted octanol–water partition coefficient (Wildman–Crippen LogP) is 5.08. The van der Waals surface area contributed by atoms with Gasteiger partial charge in [-0.3, -0.25) is 9.69 Å². The van der Waals surface area contributed by atoms with Crippen LogP contribution in [-0.4, -0.2) is 44.7 Å². The third-order valence-electron chi connectivity index (χ3n) is 7.04. The maximum atomic E-state index is 12.7. The molecule has 1 aromatic carbocycles. The molecule has 1 saturated heterocycles. The minimum absolute atomic E-state index is 0.00434. The number of likely N-dealkylation sites (tertiary alicyclic amines) is 1. The summed E-state index contributed by atoms with van der Waals surface area (Å²) in [6, 6.07) is 6.49. The Balaban J connectivity index is 1.83. The molecule has 1 heterocycles. The number of ether oxygens (including phenoxy) is 3. The first kappa shape index (κ1) is 22.7. The Labute approximate surface area is 181 Å². The molecule has 3 unspecified atom stereocenters. The van der Waals surface area contributed by atoms with E-state index in [1.807, 2.05) is 6.07 Å². The van der Waals surface area contributed by atoms with E-state index in [-0.39, 0.29) is 23.3 Å². The normalized spacial score (nSPS) is 24.7. The molecule has 1 aliphatic carbocycles. The fourth-order valence-corrected chi connectivity index (χ4v) is 5.09. The van der Waals surface area contributed by atoms with Gasteiger partial charge < -0.3 is 14.2 Å². The van der Waals surface area contributed by atoms with E-state index in [4.69, 9.17) is 14.2 Å². The second-order valence-electron chi connectivity index (χ2n) is 8.70. The molecule has 30 heavy (non-hydrogen) atoms. The largest absolute Gasteiger partial charge is 0.493 e. The molecule has 0 bridgehead atoms. The van der Waals surface area contributed by atoms with E-state index in [0.717, 1.165) is 68.7 Å². The Bertz CT molecular complexity index is 774. The van der Waals surface area contributed by atoms with Gasteiger partial charge in [-0.2, -0.15) is 0 Å². The molecular weight excluding hydrogens is 378 g/mol. The smallest absolute Gasteiger partial charge is 0.313 e. The van der Waals surface area contributed by atoms with Crippen LogP contribution in [0.1, 0.15) is 64.4 Å². The van der Waals surface area contributed by atoms with Crippen LogP contribution in [0.2, 0.25) is 0 Å². The molecule has 0 aromatic heterocycles. The summed E-state index contributed by atoms with van der Waals surface area (Å²) in [7, 11) is 5.50. The summed E-state index contributed by atoms with van der Waals surface area (Å²) in [6.45, 7) is 5.25. The fourth-order valence-electron chi connectivity index (χ4n) is 5.09. The lowest BCUT2D eigenvalue weighted by Gasteiger charge is -2.40. The zero-order valence-electron chi connectivity index (χ0n) is 19.2. The van der Waals surface area contributed by atoms with Gasteiger partial charge in [-0.15, -0.1) is 0 Å². The summed E-state index contributed by atoms with van der Waals surface area (Å²) < 4.78 is 16.9. The van der Waals surface area contributed by atoms with Gasteiger partial charge in [-0.05, 0) is 63.0 Å². The van der Waals surface area contributed by atoms with Gasteiger partial charge in [0, 0.05) is 17.9 Å². The molecule has 1 fully saturated rings. The van der Waals surface area contributed by atoms with Crippen molar-refractivity contribution in [2.24, 2.45) is 5.92 Å². The van der Waals surface area contributed by atoms with E-state index in [1.165, 1.54) is 5.56 Å². The number of allylic oxidation sites excluding steroid dienone is 1. The summed E-state index contributed by atoms with van der Waals surface area (Å²) >= 11 is 0. The number of likely N-dealkylation sites (N-methyl/N-ethyl adjacent to an activating group) is 1. The van der Waals surface area contributed by atoms with Gasteiger partial charge >= 0.3 is 5.97 Å². The van der Waals surface area contributed by atoms with Gasteiger partial charge in [0.2, 0.25) is 0 Å². The number of nitrogens with zero attached hydrogens (tertiary/aromatic N) is 1. The molecule has 0 saturated carbocycles. The summed E-state index contributed by atoms with van der Waals surface area (Å²) in [6.07, 6.45) is 8.95. The molecule has 3 rings (SSSR count). The lowest BCUT2D eigenvalue weighted by molar-refractivity contribution is -0.145. The van der Waals surface area contributed by atoms with Gasteiger partial charge in [0.25, 0.3) is 0 Å². The summed E-state index contributed by atoms with van der Waals surface area (Å²) in [5.74, 6) is 2.30. The molecule has 5 nitrogen and oxygen atoms in total. The van der Waals surface area contributed by atoms with Crippen LogP contribution in [0, 0.1) is 5.92 Å². The zero-order chi connectivity index (χ0) is 21.7. The molecule has 1 aromatic rings. The van der Waals surface area contributed by atoms with E-state index < -0.39 is 0 Å². The number of methoxy groups -OCH3 is 2. The lowest BCUT2D eigenvalue weighted by Crippen LogP contribution is -2.42. The van der Waals surface area contributed by atoms with Crippen molar-refractivity contribution < 1.29 is 19.0 Å². The standard InChI is InChI=1S/C25H37NO4/c1-6-8-9-18(7-2)24(27)30-20-12-13-25(14-15-26(3)23(25)17-20)19-10-11-21(28-4)22(16-19)29-5/h10-11,16-18,23H,6-9,12-15H2,1-5H3. The monoisotopic (exact) mass is 415 g/mol. The van der Waals surface area contributed by atoms with Crippen molar-refractivity contribution in [3.8, 4) is 11.5 Å². The Morgan fingerprint density at radius 2 is 1.97 bits per heavy atom. The van der Waals surface area contributed by atoms with Gasteiger partial charge in [0.1, 0.15) is 5.76 Å². The van der Waals surface area contributed by atoms with Crippen LogP contribution in [0.4, 0.5) is 0 Å². The molecule has 166 valence electrons. The van der Waals surface area contributed by atoms with Gasteiger partial charge in [0.15, 0.2) is 11.5 Å². The van der Waals surface area contributed by atoms with Crippen molar-refractivity contribution in [3.63, 3.8) is 0 Å². The number of esters is 1. The van der Waals surface area contributed by atoms with E-state index in [2.05, 4.69) is 44.0 Å². The minimum Gasteiger partial charge on any atom is -0.493 e. The first-order valence-corrected chi connectivity index (χ1v) is 11.3. The van der Waals surface area contributed by atoms with Crippen LogP contribution in [0.15, 0.2) is 30.0 Å². The summed E-state index contributed by atoms with van der Waals surface area (Å²) in [5.41, 5.74) is 1.28. The van der Waals surface area contributed by atoms with Gasteiger partial charge in [0.05, 0.1) is 20.1 Å². The number of carbonyl (C=O) groups excluding carboxylic acids is 1. The first-order chi connectivity index (χ1) is 14.5. The molecule has 0 amide bonds. The molecule has 0 radical (unpaired) electrons. The molecular formula is C25H37NO4. The third-order valence-corrected chi connectivity index (χ3v) is 7.04. The number of hydrogen-bond acceptors (Lipinski definition) is 5. The van der Waals surface area contributed by atoms with Gasteiger partial charge in [-0.25, -0.2) is 0 Å². The highest BCUT2D eigenvalue weighted by Gasteiger charge is 2.48. The van der Waals surface area contributed by atoms with Crippen LogP contribution in [0.25, 0.3) is 0 Å². The molecule has 0 spiro atoms.